The molecule has 0 saturated carbocycles. The zero-order valence-corrected chi connectivity index (χ0v) is 19.6. The van der Waals surface area contributed by atoms with Gasteiger partial charge in [-0.25, -0.2) is 0 Å². The number of carbonyl (C=O) groups is 1. The van der Waals surface area contributed by atoms with Crippen molar-refractivity contribution >= 4 is 44.8 Å². The van der Waals surface area contributed by atoms with Gasteiger partial charge < -0.3 is 4.57 Å². The molecule has 4 nitrogen and oxygen atoms in total. The second-order valence-electron chi connectivity index (χ2n) is 7.53. The van der Waals surface area contributed by atoms with Crippen molar-refractivity contribution in [3.63, 3.8) is 0 Å². The summed E-state index contributed by atoms with van der Waals surface area (Å²) >= 11 is 5.02. The average molecular weight is 460 g/mol. The molecular weight excluding hydrogens is 434 g/mol. The van der Waals surface area contributed by atoms with Crippen molar-refractivity contribution in [1.82, 2.24) is 9.47 Å². The number of hydrogen-bond donors (Lipinski definition) is 0. The smallest absolute Gasteiger partial charge is 0.266 e. The topological polar surface area (TPSA) is 37.6 Å². The number of rotatable bonds is 4. The van der Waals surface area contributed by atoms with Crippen molar-refractivity contribution in [3.8, 4) is 5.69 Å². The first-order valence-electron chi connectivity index (χ1n) is 9.44. The van der Waals surface area contributed by atoms with E-state index >= 15 is 0 Å². The van der Waals surface area contributed by atoms with Crippen molar-refractivity contribution in [2.24, 2.45) is 4.99 Å². The Morgan fingerprint density at radius 3 is 2.46 bits per heavy atom. The minimum atomic E-state index is 0.0339. The van der Waals surface area contributed by atoms with Crippen LogP contribution in [-0.2, 0) is 4.79 Å². The lowest BCUT2D eigenvalue weighted by Gasteiger charge is -2.20. The van der Waals surface area contributed by atoms with Gasteiger partial charge in [0.15, 0.2) is 5.17 Å². The maximum atomic E-state index is 13.0. The Labute approximate surface area is 179 Å². The van der Waals surface area contributed by atoms with E-state index in [2.05, 4.69) is 57.5 Å². The molecule has 1 aliphatic heterocycles. The molecule has 0 radical (unpaired) electrons. The molecule has 0 bridgehead atoms. The monoisotopic (exact) mass is 459 g/mol. The molecule has 148 valence electrons. The SMILES string of the molecule is Cc1cc(/C=C2/SC(=NC(C)C)N(C(C)C)C2=O)c(C)n1-c1cccc(Br)c1. The van der Waals surface area contributed by atoms with Crippen LogP contribution < -0.4 is 0 Å². The van der Waals surface area contributed by atoms with E-state index in [4.69, 9.17) is 0 Å². The van der Waals surface area contributed by atoms with Crippen LogP contribution in [0, 0.1) is 13.8 Å². The molecule has 1 aromatic heterocycles. The predicted octanol–water partition coefficient (Wildman–Crippen LogP) is 5.95. The van der Waals surface area contributed by atoms with Crippen LogP contribution in [0.15, 0.2) is 44.7 Å². The highest BCUT2D eigenvalue weighted by atomic mass is 79.9. The van der Waals surface area contributed by atoms with Crippen molar-refractivity contribution in [1.29, 1.82) is 0 Å². The molecule has 1 fully saturated rings. The van der Waals surface area contributed by atoms with Gasteiger partial charge in [0.1, 0.15) is 0 Å². The molecule has 0 aliphatic carbocycles. The van der Waals surface area contributed by atoms with Gasteiger partial charge in [-0.15, -0.1) is 0 Å². The van der Waals surface area contributed by atoms with Crippen LogP contribution in [0.4, 0.5) is 0 Å². The van der Waals surface area contributed by atoms with Gasteiger partial charge in [-0.3, -0.25) is 14.7 Å². The summed E-state index contributed by atoms with van der Waals surface area (Å²) in [5.41, 5.74) is 4.41. The van der Waals surface area contributed by atoms with Gasteiger partial charge >= 0.3 is 0 Å². The van der Waals surface area contributed by atoms with E-state index in [0.29, 0.717) is 0 Å². The lowest BCUT2D eigenvalue weighted by atomic mass is 10.2. The van der Waals surface area contributed by atoms with Crippen LogP contribution in [0.25, 0.3) is 11.8 Å². The number of aromatic nitrogens is 1. The molecule has 1 aliphatic rings. The number of aliphatic imine (C=N–C) groups is 1. The van der Waals surface area contributed by atoms with E-state index in [0.717, 1.165) is 37.2 Å². The fourth-order valence-corrected chi connectivity index (χ4v) is 4.95. The normalized spacial score (nSPS) is 17.8. The molecule has 1 saturated heterocycles. The Morgan fingerprint density at radius 1 is 1.14 bits per heavy atom. The Bertz CT molecular complexity index is 972. The van der Waals surface area contributed by atoms with Crippen molar-refractivity contribution in [2.75, 3.05) is 0 Å². The summed E-state index contributed by atoms with van der Waals surface area (Å²) < 4.78 is 3.26. The zero-order valence-electron chi connectivity index (χ0n) is 17.2. The standard InChI is InChI=1S/C22H26BrN3OS/c1-13(2)24-22-25(14(3)4)21(27)20(28-22)11-17-10-15(5)26(16(17)6)19-9-7-8-18(23)12-19/h7-14H,1-6H3/b20-11+,24-22?. The summed E-state index contributed by atoms with van der Waals surface area (Å²) in [4.78, 5) is 20.2. The van der Waals surface area contributed by atoms with E-state index < -0.39 is 0 Å². The molecule has 6 heteroatoms. The molecule has 0 atom stereocenters. The predicted molar refractivity (Wildman–Crippen MR) is 123 cm³/mol. The Kier molecular flexibility index (Phi) is 6.20. The zero-order chi connectivity index (χ0) is 20.6. The second kappa shape index (κ2) is 8.29. The lowest BCUT2D eigenvalue weighted by Crippen LogP contribution is -2.35. The molecule has 0 spiro atoms. The maximum absolute atomic E-state index is 13.0. The molecule has 2 aromatic rings. The summed E-state index contributed by atoms with van der Waals surface area (Å²) in [6.45, 7) is 12.3. The van der Waals surface area contributed by atoms with Crippen LogP contribution >= 0.6 is 27.7 Å². The van der Waals surface area contributed by atoms with Gasteiger partial charge in [-0.05, 0) is 89.2 Å². The average Bonchev–Trinajstić information content (AvgIpc) is 3.03. The van der Waals surface area contributed by atoms with Gasteiger partial charge in [-0.1, -0.05) is 22.0 Å². The van der Waals surface area contributed by atoms with Crippen molar-refractivity contribution in [3.05, 3.63) is 56.7 Å². The van der Waals surface area contributed by atoms with Gasteiger partial charge in [0.2, 0.25) is 0 Å². The molecule has 0 unspecified atom stereocenters. The molecule has 2 heterocycles. The third-order valence-electron chi connectivity index (χ3n) is 4.55. The van der Waals surface area contributed by atoms with Gasteiger partial charge in [-0.2, -0.15) is 0 Å². The Morgan fingerprint density at radius 2 is 1.86 bits per heavy atom. The van der Waals surface area contributed by atoms with Gasteiger partial charge in [0.05, 0.1) is 4.91 Å². The second-order valence-corrected chi connectivity index (χ2v) is 9.45. The van der Waals surface area contributed by atoms with Crippen LogP contribution in [0.1, 0.15) is 44.6 Å². The first-order chi connectivity index (χ1) is 13.2. The quantitative estimate of drug-likeness (QED) is 0.529. The van der Waals surface area contributed by atoms with E-state index in [-0.39, 0.29) is 18.0 Å². The first-order valence-corrected chi connectivity index (χ1v) is 11.1. The minimum absolute atomic E-state index is 0.0339. The number of thioether (sulfide) groups is 1. The summed E-state index contributed by atoms with van der Waals surface area (Å²) in [5, 5.41) is 0.794. The maximum Gasteiger partial charge on any atom is 0.266 e. The van der Waals surface area contributed by atoms with Crippen LogP contribution in [0.2, 0.25) is 0 Å². The number of carbonyl (C=O) groups excluding carboxylic acids is 1. The lowest BCUT2D eigenvalue weighted by molar-refractivity contribution is -0.123. The Hall–Kier alpha value is -1.79. The van der Waals surface area contributed by atoms with Crippen LogP contribution in [-0.4, -0.2) is 32.6 Å². The first kappa shape index (κ1) is 20.9. The fourth-order valence-electron chi connectivity index (χ4n) is 3.34. The number of halogens is 1. The summed E-state index contributed by atoms with van der Waals surface area (Å²) in [7, 11) is 0. The molecule has 28 heavy (non-hydrogen) atoms. The Balaban J connectivity index is 2.03. The number of hydrogen-bond acceptors (Lipinski definition) is 3. The van der Waals surface area contributed by atoms with Crippen molar-refractivity contribution in [2.45, 2.75) is 53.6 Å². The summed E-state index contributed by atoms with van der Waals surface area (Å²) in [6.07, 6.45) is 2.00. The molecule has 3 rings (SSSR count). The molecular formula is C22H26BrN3OS. The highest BCUT2D eigenvalue weighted by Crippen LogP contribution is 2.35. The van der Waals surface area contributed by atoms with E-state index in [1.54, 1.807) is 4.90 Å². The highest BCUT2D eigenvalue weighted by Gasteiger charge is 2.35. The van der Waals surface area contributed by atoms with Gasteiger partial charge in [0, 0.05) is 33.6 Å². The van der Waals surface area contributed by atoms with Gasteiger partial charge in [0.25, 0.3) is 5.91 Å². The number of amidine groups is 1. The van der Waals surface area contributed by atoms with Crippen molar-refractivity contribution < 1.29 is 4.79 Å². The van der Waals surface area contributed by atoms with E-state index in [1.807, 2.05) is 45.9 Å². The van der Waals surface area contributed by atoms with E-state index in [9.17, 15) is 4.79 Å². The fraction of sp³-hybridized carbons (Fsp3) is 0.364. The van der Waals surface area contributed by atoms with Crippen LogP contribution in [0.5, 0.6) is 0 Å². The number of amides is 1. The molecule has 0 N–H and O–H groups in total. The molecule has 1 amide bonds. The number of aryl methyl sites for hydroxylation is 1. The number of benzene rings is 1. The largest absolute Gasteiger partial charge is 0.318 e. The summed E-state index contributed by atoms with van der Waals surface area (Å²) in [5.74, 6) is 0.0339. The third kappa shape index (κ3) is 4.13. The molecule has 1 aromatic carbocycles. The number of nitrogens with zero attached hydrogens (tertiary/aromatic N) is 3. The minimum Gasteiger partial charge on any atom is -0.318 e. The third-order valence-corrected chi connectivity index (χ3v) is 6.04. The highest BCUT2D eigenvalue weighted by molar-refractivity contribution is 9.10. The van der Waals surface area contributed by atoms with E-state index in [1.165, 1.54) is 11.8 Å². The summed E-state index contributed by atoms with van der Waals surface area (Å²) in [6, 6.07) is 10.6. The van der Waals surface area contributed by atoms with Crippen LogP contribution in [0.3, 0.4) is 0 Å².